The molecular weight excluding hydrogens is 392 g/mol. The van der Waals surface area contributed by atoms with Gasteiger partial charge >= 0.3 is 0 Å². The number of furan rings is 1. The van der Waals surface area contributed by atoms with Crippen molar-refractivity contribution < 1.29 is 9.15 Å². The molecule has 7 heteroatoms. The van der Waals surface area contributed by atoms with E-state index in [0.717, 1.165) is 32.3 Å². The SMILES string of the molecule is COc1cccc(CSc2nc3sc(C)c(C)c3c(=O)n2Cc2ccco2)c1. The largest absolute Gasteiger partial charge is 0.497 e. The molecule has 3 heterocycles. The Labute approximate surface area is 171 Å². The fourth-order valence-electron chi connectivity index (χ4n) is 3.03. The highest BCUT2D eigenvalue weighted by Crippen LogP contribution is 2.30. The monoisotopic (exact) mass is 412 g/mol. The molecular formula is C21H20N2O3S2. The summed E-state index contributed by atoms with van der Waals surface area (Å²) in [6.07, 6.45) is 1.62. The van der Waals surface area contributed by atoms with Crippen LogP contribution in [0.25, 0.3) is 10.2 Å². The van der Waals surface area contributed by atoms with Gasteiger partial charge in [0.15, 0.2) is 5.16 Å². The average molecular weight is 413 g/mol. The summed E-state index contributed by atoms with van der Waals surface area (Å²) in [4.78, 5) is 20.0. The van der Waals surface area contributed by atoms with Crippen LogP contribution in [0.1, 0.15) is 21.8 Å². The second kappa shape index (κ2) is 7.85. The summed E-state index contributed by atoms with van der Waals surface area (Å²) in [5.74, 6) is 2.24. The van der Waals surface area contributed by atoms with E-state index >= 15 is 0 Å². The van der Waals surface area contributed by atoms with Crippen molar-refractivity contribution in [2.45, 2.75) is 31.3 Å². The van der Waals surface area contributed by atoms with Crippen LogP contribution in [0.5, 0.6) is 5.75 Å². The van der Waals surface area contributed by atoms with Gasteiger partial charge in [-0.05, 0) is 49.2 Å². The Hall–Kier alpha value is -2.51. The number of rotatable bonds is 6. The van der Waals surface area contributed by atoms with Crippen LogP contribution in [0.15, 0.2) is 57.0 Å². The first-order valence-electron chi connectivity index (χ1n) is 8.85. The summed E-state index contributed by atoms with van der Waals surface area (Å²) < 4.78 is 12.5. The zero-order valence-electron chi connectivity index (χ0n) is 15.9. The molecule has 0 bridgehead atoms. The van der Waals surface area contributed by atoms with Gasteiger partial charge in [-0.25, -0.2) is 4.98 Å². The van der Waals surface area contributed by atoms with E-state index in [-0.39, 0.29) is 5.56 Å². The third kappa shape index (κ3) is 3.59. The number of benzene rings is 1. The second-order valence-electron chi connectivity index (χ2n) is 6.47. The number of nitrogens with zero attached hydrogens (tertiary/aromatic N) is 2. The minimum absolute atomic E-state index is 0.0172. The summed E-state index contributed by atoms with van der Waals surface area (Å²) >= 11 is 3.12. The van der Waals surface area contributed by atoms with Gasteiger partial charge in [0.1, 0.15) is 16.3 Å². The number of hydrogen-bond donors (Lipinski definition) is 0. The van der Waals surface area contributed by atoms with E-state index < -0.39 is 0 Å². The van der Waals surface area contributed by atoms with Gasteiger partial charge in [-0.15, -0.1) is 11.3 Å². The van der Waals surface area contributed by atoms with Gasteiger partial charge in [-0.2, -0.15) is 0 Å². The molecule has 28 heavy (non-hydrogen) atoms. The van der Waals surface area contributed by atoms with Gasteiger partial charge in [-0.3, -0.25) is 9.36 Å². The first-order chi connectivity index (χ1) is 13.6. The number of aryl methyl sites for hydroxylation is 2. The molecule has 0 atom stereocenters. The van der Waals surface area contributed by atoms with Crippen LogP contribution in [-0.4, -0.2) is 16.7 Å². The molecule has 144 valence electrons. The standard InChI is InChI=1S/C21H20N2O3S2/c1-13-14(2)28-19-18(13)20(24)23(11-17-8-5-9-26-17)21(22-19)27-12-15-6-4-7-16(10-15)25-3/h4-10H,11-12H2,1-3H3. The zero-order chi connectivity index (χ0) is 19.7. The highest BCUT2D eigenvalue weighted by Gasteiger charge is 2.18. The Morgan fingerprint density at radius 2 is 2.11 bits per heavy atom. The number of thiophene rings is 1. The van der Waals surface area contributed by atoms with E-state index in [9.17, 15) is 4.79 Å². The Morgan fingerprint density at radius 3 is 2.86 bits per heavy atom. The van der Waals surface area contributed by atoms with E-state index in [1.54, 1.807) is 41.0 Å². The molecule has 0 saturated carbocycles. The van der Waals surface area contributed by atoms with Gasteiger partial charge in [-0.1, -0.05) is 23.9 Å². The summed E-state index contributed by atoms with van der Waals surface area (Å²) in [5, 5.41) is 1.40. The number of thioether (sulfide) groups is 1. The van der Waals surface area contributed by atoms with Crippen molar-refractivity contribution in [3.63, 3.8) is 0 Å². The van der Waals surface area contributed by atoms with E-state index in [2.05, 4.69) is 0 Å². The van der Waals surface area contributed by atoms with E-state index in [4.69, 9.17) is 14.1 Å². The maximum Gasteiger partial charge on any atom is 0.263 e. The average Bonchev–Trinajstić information content (AvgIpc) is 3.31. The summed E-state index contributed by atoms with van der Waals surface area (Å²) in [6.45, 7) is 4.38. The van der Waals surface area contributed by atoms with Crippen molar-refractivity contribution in [3.05, 3.63) is 74.8 Å². The van der Waals surface area contributed by atoms with Crippen LogP contribution in [0, 0.1) is 13.8 Å². The summed E-state index contributed by atoms with van der Waals surface area (Å²) in [7, 11) is 1.66. The summed E-state index contributed by atoms with van der Waals surface area (Å²) in [6, 6.07) is 11.6. The molecule has 0 N–H and O–H groups in total. The van der Waals surface area contributed by atoms with Gasteiger partial charge in [0, 0.05) is 10.6 Å². The minimum Gasteiger partial charge on any atom is -0.497 e. The van der Waals surface area contributed by atoms with Crippen molar-refractivity contribution in [2.75, 3.05) is 7.11 Å². The van der Waals surface area contributed by atoms with Crippen LogP contribution in [-0.2, 0) is 12.3 Å². The van der Waals surface area contributed by atoms with Gasteiger partial charge < -0.3 is 9.15 Å². The normalized spacial score (nSPS) is 11.2. The Morgan fingerprint density at radius 1 is 1.25 bits per heavy atom. The van der Waals surface area contributed by atoms with E-state index in [1.165, 1.54) is 0 Å². The molecule has 3 aromatic heterocycles. The minimum atomic E-state index is -0.0172. The molecule has 4 aromatic rings. The van der Waals surface area contributed by atoms with Crippen molar-refractivity contribution in [1.82, 2.24) is 9.55 Å². The molecule has 0 aliphatic rings. The van der Waals surface area contributed by atoms with E-state index in [1.807, 2.05) is 50.2 Å². The lowest BCUT2D eigenvalue weighted by molar-refractivity contribution is 0.414. The quantitative estimate of drug-likeness (QED) is 0.329. The van der Waals surface area contributed by atoms with Gasteiger partial charge in [0.05, 0.1) is 25.3 Å². The molecule has 0 radical (unpaired) electrons. The summed E-state index contributed by atoms with van der Waals surface area (Å²) in [5.41, 5.74) is 2.10. The number of ether oxygens (including phenoxy) is 1. The Kier molecular flexibility index (Phi) is 5.28. The molecule has 0 aliphatic carbocycles. The zero-order valence-corrected chi connectivity index (χ0v) is 17.5. The second-order valence-corrected chi connectivity index (χ2v) is 8.61. The first-order valence-corrected chi connectivity index (χ1v) is 10.7. The smallest absolute Gasteiger partial charge is 0.263 e. The first kappa shape index (κ1) is 18.8. The lowest BCUT2D eigenvalue weighted by Crippen LogP contribution is -2.23. The highest BCUT2D eigenvalue weighted by molar-refractivity contribution is 7.98. The van der Waals surface area contributed by atoms with Crippen molar-refractivity contribution in [1.29, 1.82) is 0 Å². The van der Waals surface area contributed by atoms with Gasteiger partial charge in [0.25, 0.3) is 5.56 Å². The van der Waals surface area contributed by atoms with Crippen LogP contribution in [0.4, 0.5) is 0 Å². The molecule has 1 aromatic carbocycles. The van der Waals surface area contributed by atoms with Crippen LogP contribution >= 0.6 is 23.1 Å². The maximum atomic E-state index is 13.3. The lowest BCUT2D eigenvalue weighted by atomic mass is 10.2. The predicted octanol–water partition coefficient (Wildman–Crippen LogP) is 5.02. The molecule has 4 rings (SSSR count). The molecule has 0 fully saturated rings. The van der Waals surface area contributed by atoms with Crippen molar-refractivity contribution in [3.8, 4) is 5.75 Å². The Bertz CT molecular complexity index is 1180. The van der Waals surface area contributed by atoms with Crippen molar-refractivity contribution in [2.24, 2.45) is 0 Å². The number of hydrogen-bond acceptors (Lipinski definition) is 6. The molecule has 0 spiro atoms. The van der Waals surface area contributed by atoms with Gasteiger partial charge in [0.2, 0.25) is 0 Å². The number of fused-ring (bicyclic) bond motifs is 1. The molecule has 0 amide bonds. The number of aromatic nitrogens is 2. The van der Waals surface area contributed by atoms with Crippen molar-refractivity contribution >= 4 is 33.3 Å². The van der Waals surface area contributed by atoms with Crippen LogP contribution in [0.3, 0.4) is 0 Å². The lowest BCUT2D eigenvalue weighted by Gasteiger charge is -2.11. The van der Waals surface area contributed by atoms with Crippen LogP contribution in [0.2, 0.25) is 0 Å². The highest BCUT2D eigenvalue weighted by atomic mass is 32.2. The van der Waals surface area contributed by atoms with Crippen LogP contribution < -0.4 is 10.3 Å². The fraction of sp³-hybridized carbons (Fsp3) is 0.238. The third-order valence-electron chi connectivity index (χ3n) is 4.65. The third-order valence-corrected chi connectivity index (χ3v) is 6.80. The molecule has 5 nitrogen and oxygen atoms in total. The molecule has 0 saturated heterocycles. The maximum absolute atomic E-state index is 13.3. The number of methoxy groups -OCH3 is 1. The Balaban J connectivity index is 1.75. The fourth-order valence-corrected chi connectivity index (χ4v) is 5.04. The predicted molar refractivity (Wildman–Crippen MR) is 114 cm³/mol. The molecule has 0 unspecified atom stereocenters. The van der Waals surface area contributed by atoms with E-state index in [0.29, 0.717) is 22.8 Å². The topological polar surface area (TPSA) is 57.3 Å². The molecule has 0 aliphatic heterocycles.